The van der Waals surface area contributed by atoms with Crippen LogP contribution in [0.15, 0.2) is 72.8 Å². The first kappa shape index (κ1) is 15.9. The minimum absolute atomic E-state index is 0.0357. The highest BCUT2D eigenvalue weighted by Crippen LogP contribution is 2.27. The van der Waals surface area contributed by atoms with E-state index in [9.17, 15) is 4.79 Å². The van der Waals surface area contributed by atoms with Crippen molar-refractivity contribution in [2.45, 2.75) is 13.1 Å². The van der Waals surface area contributed by atoms with Gasteiger partial charge < -0.3 is 9.64 Å². The van der Waals surface area contributed by atoms with E-state index < -0.39 is 0 Å². The Labute approximate surface area is 151 Å². The van der Waals surface area contributed by atoms with Crippen molar-refractivity contribution in [1.82, 2.24) is 4.90 Å². The highest BCUT2D eigenvalue weighted by Gasteiger charge is 2.27. The Kier molecular flexibility index (Phi) is 4.12. The van der Waals surface area contributed by atoms with Crippen molar-refractivity contribution in [2.75, 3.05) is 0 Å². The molecule has 4 nitrogen and oxygen atoms in total. The predicted molar refractivity (Wildman–Crippen MR) is 97.7 cm³/mol. The smallest absolute Gasteiger partial charge is 0.254 e. The summed E-state index contributed by atoms with van der Waals surface area (Å²) in [4.78, 5) is 14.4. The standard InChI is InChI=1S/C22H16N2O2/c23-13-16-9-10-18-15-24(22(25)21(18)12-16)14-17-5-4-8-20(11-17)26-19-6-2-1-3-7-19/h1-12H,14-15H2. The Bertz CT molecular complexity index is 1010. The minimum Gasteiger partial charge on any atom is -0.457 e. The lowest BCUT2D eigenvalue weighted by Crippen LogP contribution is -2.23. The van der Waals surface area contributed by atoms with Crippen molar-refractivity contribution < 1.29 is 9.53 Å². The fourth-order valence-electron chi connectivity index (χ4n) is 3.11. The highest BCUT2D eigenvalue weighted by atomic mass is 16.5. The van der Waals surface area contributed by atoms with Crippen LogP contribution in [0.5, 0.6) is 11.5 Å². The second kappa shape index (κ2) is 6.73. The number of carbonyl (C=O) groups is 1. The number of nitriles is 1. The van der Waals surface area contributed by atoms with Gasteiger partial charge in [-0.05, 0) is 47.5 Å². The number of fused-ring (bicyclic) bond motifs is 1. The molecule has 0 unspecified atom stereocenters. The average Bonchev–Trinajstić information content (AvgIpc) is 2.98. The van der Waals surface area contributed by atoms with Crippen molar-refractivity contribution in [2.24, 2.45) is 0 Å². The van der Waals surface area contributed by atoms with Gasteiger partial charge in [0.05, 0.1) is 11.6 Å². The van der Waals surface area contributed by atoms with E-state index in [1.807, 2.05) is 60.7 Å². The number of rotatable bonds is 4. The Hall–Kier alpha value is -3.58. The number of carbonyl (C=O) groups excluding carboxylic acids is 1. The van der Waals surface area contributed by atoms with Crippen LogP contribution in [0.3, 0.4) is 0 Å². The number of nitrogens with zero attached hydrogens (tertiary/aromatic N) is 2. The number of hydrogen-bond donors (Lipinski definition) is 0. The van der Waals surface area contributed by atoms with Crippen LogP contribution in [0.25, 0.3) is 0 Å². The second-order valence-corrected chi connectivity index (χ2v) is 6.21. The molecule has 1 aliphatic rings. The van der Waals surface area contributed by atoms with E-state index in [-0.39, 0.29) is 5.91 Å². The quantitative estimate of drug-likeness (QED) is 0.702. The third kappa shape index (κ3) is 3.15. The molecule has 3 aromatic carbocycles. The maximum absolute atomic E-state index is 12.6. The molecule has 4 rings (SSSR count). The molecule has 26 heavy (non-hydrogen) atoms. The van der Waals surface area contributed by atoms with Crippen LogP contribution in [0.2, 0.25) is 0 Å². The lowest BCUT2D eigenvalue weighted by atomic mass is 10.1. The molecule has 0 saturated heterocycles. The number of para-hydroxylation sites is 1. The second-order valence-electron chi connectivity index (χ2n) is 6.21. The first-order chi connectivity index (χ1) is 12.7. The number of benzene rings is 3. The van der Waals surface area contributed by atoms with Crippen LogP contribution in [0.1, 0.15) is 27.0 Å². The Morgan fingerprint density at radius 3 is 2.58 bits per heavy atom. The summed E-state index contributed by atoms with van der Waals surface area (Å²) in [5, 5.41) is 9.02. The van der Waals surface area contributed by atoms with Gasteiger partial charge in [-0.2, -0.15) is 5.26 Å². The normalized spacial score (nSPS) is 12.6. The van der Waals surface area contributed by atoms with Crippen LogP contribution in [0.4, 0.5) is 0 Å². The summed E-state index contributed by atoms with van der Waals surface area (Å²) in [7, 11) is 0. The van der Waals surface area contributed by atoms with E-state index >= 15 is 0 Å². The molecule has 0 fully saturated rings. The van der Waals surface area contributed by atoms with Gasteiger partial charge in [0.1, 0.15) is 11.5 Å². The van der Waals surface area contributed by atoms with Gasteiger partial charge in [-0.15, -0.1) is 0 Å². The zero-order chi connectivity index (χ0) is 17.9. The molecule has 0 spiro atoms. The molecular weight excluding hydrogens is 324 g/mol. The summed E-state index contributed by atoms with van der Waals surface area (Å²) < 4.78 is 5.86. The van der Waals surface area contributed by atoms with Gasteiger partial charge in [0, 0.05) is 18.7 Å². The van der Waals surface area contributed by atoms with E-state index in [0.29, 0.717) is 24.2 Å². The summed E-state index contributed by atoms with van der Waals surface area (Å²) in [5.74, 6) is 1.48. The first-order valence-electron chi connectivity index (χ1n) is 8.37. The minimum atomic E-state index is -0.0357. The molecule has 0 N–H and O–H groups in total. The average molecular weight is 340 g/mol. The Morgan fingerprint density at radius 1 is 0.962 bits per heavy atom. The van der Waals surface area contributed by atoms with Crippen molar-refractivity contribution in [1.29, 1.82) is 5.26 Å². The lowest BCUT2D eigenvalue weighted by molar-refractivity contribution is 0.0766. The SMILES string of the molecule is N#Cc1ccc2c(c1)C(=O)N(Cc1cccc(Oc3ccccc3)c1)C2. The summed E-state index contributed by atoms with van der Waals surface area (Å²) in [6.07, 6.45) is 0. The van der Waals surface area contributed by atoms with Crippen LogP contribution in [-0.4, -0.2) is 10.8 Å². The predicted octanol–water partition coefficient (Wildman–Crippen LogP) is 4.51. The fraction of sp³-hybridized carbons (Fsp3) is 0.0909. The largest absolute Gasteiger partial charge is 0.457 e. The Morgan fingerprint density at radius 2 is 1.77 bits per heavy atom. The third-order valence-corrected chi connectivity index (χ3v) is 4.37. The molecule has 1 amide bonds. The molecule has 3 aromatic rings. The van der Waals surface area contributed by atoms with Crippen molar-refractivity contribution >= 4 is 5.91 Å². The van der Waals surface area contributed by atoms with E-state index in [0.717, 1.165) is 22.6 Å². The summed E-state index contributed by atoms with van der Waals surface area (Å²) in [6, 6.07) is 24.7. The van der Waals surface area contributed by atoms with E-state index in [1.54, 1.807) is 17.0 Å². The summed E-state index contributed by atoms with van der Waals surface area (Å²) in [6.45, 7) is 1.06. The molecule has 4 heteroatoms. The van der Waals surface area contributed by atoms with Gasteiger partial charge in [0.2, 0.25) is 0 Å². The van der Waals surface area contributed by atoms with Crippen molar-refractivity contribution in [3.8, 4) is 17.6 Å². The van der Waals surface area contributed by atoms with Crippen molar-refractivity contribution in [3.63, 3.8) is 0 Å². The van der Waals surface area contributed by atoms with Crippen LogP contribution < -0.4 is 4.74 Å². The maximum Gasteiger partial charge on any atom is 0.254 e. The van der Waals surface area contributed by atoms with Gasteiger partial charge >= 0.3 is 0 Å². The van der Waals surface area contributed by atoms with Gasteiger partial charge in [-0.1, -0.05) is 36.4 Å². The fourth-order valence-corrected chi connectivity index (χ4v) is 3.11. The third-order valence-electron chi connectivity index (χ3n) is 4.37. The molecule has 0 aliphatic carbocycles. The zero-order valence-electron chi connectivity index (χ0n) is 14.1. The van der Waals surface area contributed by atoms with E-state index in [2.05, 4.69) is 6.07 Å². The molecule has 0 aromatic heterocycles. The lowest BCUT2D eigenvalue weighted by Gasteiger charge is -2.16. The van der Waals surface area contributed by atoms with E-state index in [4.69, 9.17) is 10.00 Å². The van der Waals surface area contributed by atoms with Crippen LogP contribution in [0, 0.1) is 11.3 Å². The number of amides is 1. The van der Waals surface area contributed by atoms with Gasteiger partial charge in [0.15, 0.2) is 0 Å². The monoisotopic (exact) mass is 340 g/mol. The molecule has 0 saturated carbocycles. The topological polar surface area (TPSA) is 53.3 Å². The molecule has 0 atom stereocenters. The summed E-state index contributed by atoms with van der Waals surface area (Å²) in [5.41, 5.74) is 3.10. The van der Waals surface area contributed by atoms with E-state index in [1.165, 1.54) is 0 Å². The molecule has 1 aliphatic heterocycles. The molecule has 0 bridgehead atoms. The molecule has 1 heterocycles. The first-order valence-corrected chi connectivity index (χ1v) is 8.37. The van der Waals surface area contributed by atoms with Crippen LogP contribution >= 0.6 is 0 Å². The van der Waals surface area contributed by atoms with Gasteiger partial charge in [-0.25, -0.2) is 0 Å². The molecule has 0 radical (unpaired) electrons. The van der Waals surface area contributed by atoms with Crippen LogP contribution in [-0.2, 0) is 13.1 Å². The molecule has 126 valence electrons. The highest BCUT2D eigenvalue weighted by molar-refractivity contribution is 5.98. The van der Waals surface area contributed by atoms with Gasteiger partial charge in [0.25, 0.3) is 5.91 Å². The van der Waals surface area contributed by atoms with Gasteiger partial charge in [-0.3, -0.25) is 4.79 Å². The zero-order valence-corrected chi connectivity index (χ0v) is 14.1. The molecular formula is C22H16N2O2. The maximum atomic E-state index is 12.6. The number of ether oxygens (including phenoxy) is 1. The Balaban J connectivity index is 1.51. The summed E-state index contributed by atoms with van der Waals surface area (Å²) >= 11 is 0. The number of hydrogen-bond acceptors (Lipinski definition) is 3. The van der Waals surface area contributed by atoms with Crippen molar-refractivity contribution in [3.05, 3.63) is 95.1 Å².